The lowest BCUT2D eigenvalue weighted by Gasteiger charge is -2.24. The van der Waals surface area contributed by atoms with Crippen molar-refractivity contribution in [3.8, 4) is 55.9 Å². The van der Waals surface area contributed by atoms with Crippen LogP contribution in [0.2, 0.25) is 0 Å². The summed E-state index contributed by atoms with van der Waals surface area (Å²) in [7, 11) is 0. The third-order valence-electron chi connectivity index (χ3n) is 11.3. The molecule has 1 aliphatic rings. The molecule has 5 heterocycles. The van der Waals surface area contributed by atoms with Gasteiger partial charge in [-0.15, -0.1) is 0 Å². The standard InChI is InChI=1S/C48H32N4/c1-48(2)41-19-18-29(42-25-32(30-10-8-20-49-27-30)26-43(51-42)31-11-9-21-50-28-31)22-38(41)37-15-7-14-34(46(37)48)33-23-39-35-12-3-5-16-44(35)52-45-17-6-4-13-36(45)40(24-33)47(39)52/h3-28H,1-2H3. The molecule has 5 aromatic heterocycles. The molecule has 1 aliphatic carbocycles. The van der Waals surface area contributed by atoms with E-state index in [-0.39, 0.29) is 5.41 Å². The molecule has 0 aliphatic heterocycles. The molecule has 0 radical (unpaired) electrons. The Bertz CT molecular complexity index is 2890. The molecule has 244 valence electrons. The maximum atomic E-state index is 5.21. The number of fused-ring (bicyclic) bond motifs is 9. The van der Waals surface area contributed by atoms with E-state index in [1.807, 2.05) is 30.7 Å². The van der Waals surface area contributed by atoms with Crippen molar-refractivity contribution in [1.29, 1.82) is 0 Å². The van der Waals surface area contributed by atoms with Crippen molar-refractivity contribution in [1.82, 2.24) is 19.4 Å². The van der Waals surface area contributed by atoms with Crippen molar-refractivity contribution in [2.75, 3.05) is 0 Å². The zero-order chi connectivity index (χ0) is 34.6. The number of nitrogens with zero attached hydrogens (tertiary/aromatic N) is 4. The van der Waals surface area contributed by atoms with Gasteiger partial charge in [0.05, 0.1) is 27.9 Å². The van der Waals surface area contributed by atoms with Crippen LogP contribution in [0.25, 0.3) is 94.0 Å². The number of rotatable bonds is 4. The van der Waals surface area contributed by atoms with Gasteiger partial charge in [0, 0.05) is 68.4 Å². The SMILES string of the molecule is CC1(C)c2ccc(-c3cc(-c4cccnc4)cc(-c4cccnc4)n3)cc2-c2cccc(-c3cc4c5ccccc5n5c6ccccc6c(c3)c45)c21. The zero-order valence-corrected chi connectivity index (χ0v) is 28.8. The molecule has 0 unspecified atom stereocenters. The van der Waals surface area contributed by atoms with Crippen molar-refractivity contribution in [2.45, 2.75) is 19.3 Å². The summed E-state index contributed by atoms with van der Waals surface area (Å²) in [4.78, 5) is 14.0. The first-order valence-electron chi connectivity index (χ1n) is 17.8. The molecule has 0 saturated heterocycles. The number of benzene rings is 5. The molecule has 4 nitrogen and oxygen atoms in total. The fourth-order valence-corrected chi connectivity index (χ4v) is 8.94. The van der Waals surface area contributed by atoms with Gasteiger partial charge in [0.25, 0.3) is 0 Å². The lowest BCUT2D eigenvalue weighted by molar-refractivity contribution is 0.662. The molecule has 0 atom stereocenters. The van der Waals surface area contributed by atoms with E-state index in [1.165, 1.54) is 71.5 Å². The Morgan fingerprint density at radius 3 is 1.77 bits per heavy atom. The van der Waals surface area contributed by atoms with E-state index in [4.69, 9.17) is 4.98 Å². The average molecular weight is 665 g/mol. The summed E-state index contributed by atoms with van der Waals surface area (Å²) < 4.78 is 2.45. The van der Waals surface area contributed by atoms with E-state index >= 15 is 0 Å². The Morgan fingerprint density at radius 2 is 1.10 bits per heavy atom. The van der Waals surface area contributed by atoms with Gasteiger partial charge < -0.3 is 4.40 Å². The molecule has 5 aromatic carbocycles. The predicted octanol–water partition coefficient (Wildman–Crippen LogP) is 12.0. The van der Waals surface area contributed by atoms with Gasteiger partial charge in [0.2, 0.25) is 0 Å². The van der Waals surface area contributed by atoms with Gasteiger partial charge in [-0.2, -0.15) is 0 Å². The summed E-state index contributed by atoms with van der Waals surface area (Å²) in [5, 5.41) is 5.19. The number of pyridine rings is 3. The zero-order valence-electron chi connectivity index (χ0n) is 28.8. The second-order valence-electron chi connectivity index (χ2n) is 14.5. The van der Waals surface area contributed by atoms with Crippen LogP contribution in [0.1, 0.15) is 25.0 Å². The molecule has 52 heavy (non-hydrogen) atoms. The van der Waals surface area contributed by atoms with Crippen molar-refractivity contribution >= 4 is 38.1 Å². The highest BCUT2D eigenvalue weighted by Crippen LogP contribution is 2.54. The topological polar surface area (TPSA) is 43.1 Å². The second kappa shape index (κ2) is 10.7. The van der Waals surface area contributed by atoms with Crippen molar-refractivity contribution in [2.24, 2.45) is 0 Å². The molecule has 4 heteroatoms. The van der Waals surface area contributed by atoms with Crippen LogP contribution < -0.4 is 0 Å². The van der Waals surface area contributed by atoms with Gasteiger partial charge in [0.15, 0.2) is 0 Å². The van der Waals surface area contributed by atoms with Crippen LogP contribution in [0.15, 0.2) is 158 Å². The van der Waals surface area contributed by atoms with Gasteiger partial charge in [-0.3, -0.25) is 9.97 Å². The van der Waals surface area contributed by atoms with E-state index in [9.17, 15) is 0 Å². The van der Waals surface area contributed by atoms with E-state index in [0.717, 1.165) is 33.6 Å². The maximum absolute atomic E-state index is 5.21. The smallest absolute Gasteiger partial charge is 0.0731 e. The van der Waals surface area contributed by atoms with Gasteiger partial charge in [0.1, 0.15) is 0 Å². The highest BCUT2D eigenvalue weighted by Gasteiger charge is 2.38. The third-order valence-corrected chi connectivity index (χ3v) is 11.3. The normalized spacial score (nSPS) is 13.3. The van der Waals surface area contributed by atoms with Crippen LogP contribution in [0, 0.1) is 0 Å². The van der Waals surface area contributed by atoms with Crippen LogP contribution in [0.3, 0.4) is 0 Å². The molecule has 0 fully saturated rings. The summed E-state index contributed by atoms with van der Waals surface area (Å²) in [6.45, 7) is 4.75. The highest BCUT2D eigenvalue weighted by atomic mass is 14.9. The van der Waals surface area contributed by atoms with Gasteiger partial charge in [-0.25, -0.2) is 4.98 Å². The minimum absolute atomic E-state index is 0.202. The van der Waals surface area contributed by atoms with Crippen LogP contribution in [-0.4, -0.2) is 19.4 Å². The minimum atomic E-state index is -0.202. The van der Waals surface area contributed by atoms with Crippen LogP contribution >= 0.6 is 0 Å². The highest BCUT2D eigenvalue weighted by molar-refractivity contribution is 6.24. The van der Waals surface area contributed by atoms with E-state index in [2.05, 4.69) is 150 Å². The Hall–Kier alpha value is -6.65. The summed E-state index contributed by atoms with van der Waals surface area (Å²) in [5.74, 6) is 0. The Morgan fingerprint density at radius 1 is 0.462 bits per heavy atom. The van der Waals surface area contributed by atoms with Gasteiger partial charge in [-0.05, 0) is 99.6 Å². The molecule has 0 saturated carbocycles. The van der Waals surface area contributed by atoms with Gasteiger partial charge in [-0.1, -0.05) is 86.6 Å². The quantitative estimate of drug-likeness (QED) is 0.188. The van der Waals surface area contributed by atoms with Crippen LogP contribution in [0.5, 0.6) is 0 Å². The first kappa shape index (κ1) is 29.1. The second-order valence-corrected chi connectivity index (χ2v) is 14.5. The molecule has 11 rings (SSSR count). The fraction of sp³-hybridized carbons (Fsp3) is 0.0625. The Kier molecular flexibility index (Phi) is 5.98. The van der Waals surface area contributed by atoms with E-state index in [0.29, 0.717) is 0 Å². The van der Waals surface area contributed by atoms with E-state index in [1.54, 1.807) is 6.20 Å². The fourth-order valence-electron chi connectivity index (χ4n) is 8.94. The monoisotopic (exact) mass is 664 g/mol. The van der Waals surface area contributed by atoms with Crippen molar-refractivity contribution < 1.29 is 0 Å². The molecular weight excluding hydrogens is 633 g/mol. The molecule has 0 spiro atoms. The van der Waals surface area contributed by atoms with Gasteiger partial charge >= 0.3 is 0 Å². The van der Waals surface area contributed by atoms with Crippen LogP contribution in [0.4, 0.5) is 0 Å². The molecule has 0 bridgehead atoms. The Balaban J connectivity index is 1.11. The van der Waals surface area contributed by atoms with Crippen LogP contribution in [-0.2, 0) is 5.41 Å². The predicted molar refractivity (Wildman–Crippen MR) is 214 cm³/mol. The molecule has 10 aromatic rings. The summed E-state index contributed by atoms with van der Waals surface area (Å²) in [5.41, 5.74) is 17.4. The first-order valence-corrected chi connectivity index (χ1v) is 17.8. The molecular formula is C48H32N4. The first-order chi connectivity index (χ1) is 25.5. The largest absolute Gasteiger partial charge is 0.308 e. The Labute approximate surface area is 301 Å². The molecule has 0 amide bonds. The minimum Gasteiger partial charge on any atom is -0.308 e. The average Bonchev–Trinajstić information content (AvgIpc) is 3.80. The molecule has 0 N–H and O–H groups in total. The number of hydrogen-bond donors (Lipinski definition) is 0. The summed E-state index contributed by atoms with van der Waals surface area (Å²) in [6, 6.07) is 48.7. The van der Waals surface area contributed by atoms with E-state index < -0.39 is 0 Å². The number of aromatic nitrogens is 4. The number of para-hydroxylation sites is 2. The van der Waals surface area contributed by atoms with Crippen molar-refractivity contribution in [3.05, 3.63) is 169 Å². The summed E-state index contributed by atoms with van der Waals surface area (Å²) >= 11 is 0. The third kappa shape index (κ3) is 4.06. The van der Waals surface area contributed by atoms with Crippen molar-refractivity contribution in [3.63, 3.8) is 0 Å². The number of hydrogen-bond acceptors (Lipinski definition) is 3. The lowest BCUT2D eigenvalue weighted by atomic mass is 9.78. The maximum Gasteiger partial charge on any atom is 0.0731 e. The lowest BCUT2D eigenvalue weighted by Crippen LogP contribution is -2.16. The summed E-state index contributed by atoms with van der Waals surface area (Å²) in [6.07, 6.45) is 7.40.